The molecule has 0 bridgehead atoms. The lowest BCUT2D eigenvalue weighted by Crippen LogP contribution is -2.18. The smallest absolute Gasteiger partial charge is 0.258 e. The number of halogens is 2. The van der Waals surface area contributed by atoms with Gasteiger partial charge in [0.1, 0.15) is 5.82 Å². The lowest BCUT2D eigenvalue weighted by atomic mass is 9.90. The number of hydrogen-bond acceptors (Lipinski definition) is 3. The van der Waals surface area contributed by atoms with Crippen molar-refractivity contribution in [2.75, 3.05) is 11.9 Å². The van der Waals surface area contributed by atoms with Crippen molar-refractivity contribution in [3.63, 3.8) is 0 Å². The molecule has 0 unspecified atom stereocenters. The molecular formula is C19H20ClFN2O2. The van der Waals surface area contributed by atoms with Gasteiger partial charge in [0.05, 0.1) is 17.2 Å². The zero-order valence-corrected chi connectivity index (χ0v) is 14.6. The molecule has 4 nitrogen and oxygen atoms in total. The molecule has 3 rings (SSSR count). The molecule has 1 fully saturated rings. The normalized spacial score (nSPS) is 15.0. The monoisotopic (exact) mass is 362 g/mol. The Labute approximate surface area is 151 Å². The third-order valence-corrected chi connectivity index (χ3v) is 4.69. The van der Waals surface area contributed by atoms with Crippen molar-refractivity contribution in [3.8, 4) is 5.75 Å². The van der Waals surface area contributed by atoms with Crippen molar-refractivity contribution in [1.29, 1.82) is 0 Å². The Morgan fingerprint density at radius 2 is 2.08 bits per heavy atom. The van der Waals surface area contributed by atoms with Crippen LogP contribution in [0.15, 0.2) is 36.5 Å². The highest BCUT2D eigenvalue weighted by Crippen LogP contribution is 2.27. The fourth-order valence-electron chi connectivity index (χ4n) is 3.01. The Morgan fingerprint density at radius 3 is 2.84 bits per heavy atom. The zero-order chi connectivity index (χ0) is 17.6. The number of carbonyl (C=O) groups is 1. The molecular weight excluding hydrogens is 343 g/mol. The van der Waals surface area contributed by atoms with Crippen molar-refractivity contribution >= 4 is 23.3 Å². The molecule has 2 aromatic rings. The summed E-state index contributed by atoms with van der Waals surface area (Å²) in [5.41, 5.74) is 0.187. The average molecular weight is 363 g/mol. The molecule has 1 N–H and O–H groups in total. The van der Waals surface area contributed by atoms with Gasteiger partial charge in [-0.05, 0) is 49.1 Å². The van der Waals surface area contributed by atoms with Crippen molar-refractivity contribution in [1.82, 2.24) is 4.98 Å². The number of amides is 1. The fourth-order valence-corrected chi connectivity index (χ4v) is 3.26. The first-order valence-corrected chi connectivity index (χ1v) is 8.85. The number of aromatic nitrogens is 1. The van der Waals surface area contributed by atoms with E-state index in [0.717, 1.165) is 6.07 Å². The van der Waals surface area contributed by atoms with Crippen molar-refractivity contribution in [2.24, 2.45) is 5.92 Å². The van der Waals surface area contributed by atoms with E-state index in [1.54, 1.807) is 18.3 Å². The summed E-state index contributed by atoms with van der Waals surface area (Å²) >= 11 is 5.94. The summed E-state index contributed by atoms with van der Waals surface area (Å²) < 4.78 is 19.0. The van der Waals surface area contributed by atoms with Gasteiger partial charge in [0, 0.05) is 6.20 Å². The van der Waals surface area contributed by atoms with Crippen LogP contribution in [0.2, 0.25) is 5.02 Å². The highest BCUT2D eigenvalue weighted by Gasteiger charge is 2.17. The summed E-state index contributed by atoms with van der Waals surface area (Å²) in [5.74, 6) is 0.467. The highest BCUT2D eigenvalue weighted by molar-refractivity contribution is 6.34. The highest BCUT2D eigenvalue weighted by atomic mass is 35.5. The van der Waals surface area contributed by atoms with E-state index in [1.165, 1.54) is 44.2 Å². The maximum atomic E-state index is 13.1. The Hall–Kier alpha value is -2.14. The number of benzene rings is 1. The van der Waals surface area contributed by atoms with Crippen molar-refractivity contribution in [3.05, 3.63) is 52.9 Å². The number of carbonyl (C=O) groups excluding carboxylic acids is 1. The quantitative estimate of drug-likeness (QED) is 0.806. The van der Waals surface area contributed by atoms with E-state index in [2.05, 4.69) is 10.3 Å². The maximum Gasteiger partial charge on any atom is 0.258 e. The average Bonchev–Trinajstić information content (AvgIpc) is 2.61. The van der Waals surface area contributed by atoms with Crippen LogP contribution >= 0.6 is 11.6 Å². The van der Waals surface area contributed by atoms with Gasteiger partial charge in [0.2, 0.25) is 0 Å². The molecule has 1 aliphatic rings. The number of nitrogens with one attached hydrogen (secondary N) is 1. The van der Waals surface area contributed by atoms with Crippen LogP contribution in [0.4, 0.5) is 10.2 Å². The van der Waals surface area contributed by atoms with E-state index in [9.17, 15) is 9.18 Å². The van der Waals surface area contributed by atoms with E-state index in [1.807, 2.05) is 0 Å². The molecule has 0 radical (unpaired) electrons. The van der Waals surface area contributed by atoms with Crippen LogP contribution in [0.3, 0.4) is 0 Å². The number of anilines is 1. The molecule has 0 saturated heterocycles. The summed E-state index contributed by atoms with van der Waals surface area (Å²) in [5, 5.41) is 2.75. The third-order valence-electron chi connectivity index (χ3n) is 4.38. The Kier molecular flexibility index (Phi) is 5.87. The first-order valence-electron chi connectivity index (χ1n) is 8.47. The number of rotatable bonds is 5. The minimum absolute atomic E-state index is 0.0538. The van der Waals surface area contributed by atoms with Crippen LogP contribution in [0.25, 0.3) is 0 Å². The zero-order valence-electron chi connectivity index (χ0n) is 13.8. The van der Waals surface area contributed by atoms with Gasteiger partial charge in [-0.2, -0.15) is 0 Å². The van der Waals surface area contributed by atoms with Crippen LogP contribution < -0.4 is 10.1 Å². The standard InChI is InChI=1S/C19H20ClFN2O2/c20-16-11-14(21)8-9-15(16)19(24)23-18-17(7-4-10-22-18)25-12-13-5-2-1-3-6-13/h4,7-11,13H,1-3,5-6,12H2,(H,22,23,24). The molecule has 1 aliphatic carbocycles. The van der Waals surface area contributed by atoms with Crippen molar-refractivity contribution in [2.45, 2.75) is 32.1 Å². The maximum absolute atomic E-state index is 13.1. The van der Waals surface area contributed by atoms with E-state index < -0.39 is 11.7 Å². The Bertz CT molecular complexity index is 748. The van der Waals surface area contributed by atoms with Gasteiger partial charge >= 0.3 is 0 Å². The van der Waals surface area contributed by atoms with Gasteiger partial charge in [-0.3, -0.25) is 4.79 Å². The molecule has 1 amide bonds. The van der Waals surface area contributed by atoms with E-state index >= 15 is 0 Å². The number of ether oxygens (including phenoxy) is 1. The molecule has 1 aromatic carbocycles. The molecule has 0 spiro atoms. The summed E-state index contributed by atoms with van der Waals surface area (Å²) in [6, 6.07) is 7.18. The largest absolute Gasteiger partial charge is 0.489 e. The Balaban J connectivity index is 1.68. The van der Waals surface area contributed by atoms with Crippen LogP contribution in [0.1, 0.15) is 42.5 Å². The van der Waals surface area contributed by atoms with Gasteiger partial charge in [0.15, 0.2) is 11.6 Å². The van der Waals surface area contributed by atoms with Gasteiger partial charge in [0.25, 0.3) is 5.91 Å². The summed E-state index contributed by atoms with van der Waals surface area (Å²) in [6.07, 6.45) is 7.71. The molecule has 6 heteroatoms. The molecule has 0 atom stereocenters. The second-order valence-corrected chi connectivity index (χ2v) is 6.65. The van der Waals surface area contributed by atoms with Crippen molar-refractivity contribution < 1.29 is 13.9 Å². The minimum atomic E-state index is -0.490. The van der Waals surface area contributed by atoms with Crippen LogP contribution in [-0.2, 0) is 0 Å². The predicted octanol–water partition coefficient (Wildman–Crippen LogP) is 5.09. The van der Waals surface area contributed by atoms with Crippen LogP contribution in [0, 0.1) is 11.7 Å². The van der Waals surface area contributed by atoms with Gasteiger partial charge in [-0.25, -0.2) is 9.37 Å². The second-order valence-electron chi connectivity index (χ2n) is 6.24. The SMILES string of the molecule is O=C(Nc1ncccc1OCC1CCCCC1)c1ccc(F)cc1Cl. The molecule has 1 saturated carbocycles. The summed E-state index contributed by atoms with van der Waals surface area (Å²) in [7, 11) is 0. The second kappa shape index (κ2) is 8.30. The third kappa shape index (κ3) is 4.69. The fraction of sp³-hybridized carbons (Fsp3) is 0.368. The summed E-state index contributed by atoms with van der Waals surface area (Å²) in [4.78, 5) is 16.6. The minimum Gasteiger partial charge on any atom is -0.489 e. The lowest BCUT2D eigenvalue weighted by molar-refractivity contribution is 0.102. The van der Waals surface area contributed by atoms with E-state index in [-0.39, 0.29) is 10.6 Å². The molecule has 25 heavy (non-hydrogen) atoms. The van der Waals surface area contributed by atoms with Crippen LogP contribution in [0.5, 0.6) is 5.75 Å². The lowest BCUT2D eigenvalue weighted by Gasteiger charge is -2.22. The van der Waals surface area contributed by atoms with E-state index in [0.29, 0.717) is 24.1 Å². The number of nitrogens with zero attached hydrogens (tertiary/aromatic N) is 1. The first kappa shape index (κ1) is 17.7. The van der Waals surface area contributed by atoms with Crippen LogP contribution in [-0.4, -0.2) is 17.5 Å². The molecule has 1 aromatic heterocycles. The van der Waals surface area contributed by atoms with Gasteiger partial charge < -0.3 is 10.1 Å². The number of hydrogen-bond donors (Lipinski definition) is 1. The molecule has 132 valence electrons. The van der Waals surface area contributed by atoms with Gasteiger partial charge in [-0.1, -0.05) is 30.9 Å². The number of pyridine rings is 1. The summed E-state index contributed by atoms with van der Waals surface area (Å²) in [6.45, 7) is 0.617. The molecule has 0 aliphatic heterocycles. The Morgan fingerprint density at radius 1 is 1.28 bits per heavy atom. The molecule has 1 heterocycles. The first-order chi connectivity index (χ1) is 12.1. The predicted molar refractivity (Wildman–Crippen MR) is 95.7 cm³/mol. The van der Waals surface area contributed by atoms with Gasteiger partial charge in [-0.15, -0.1) is 0 Å². The topological polar surface area (TPSA) is 51.2 Å². The van der Waals surface area contributed by atoms with E-state index in [4.69, 9.17) is 16.3 Å².